The fourth-order valence-corrected chi connectivity index (χ4v) is 1.94. The van der Waals surface area contributed by atoms with Gasteiger partial charge in [0.15, 0.2) is 5.69 Å². The quantitative estimate of drug-likeness (QED) is 0.817. The first-order chi connectivity index (χ1) is 11.3. The van der Waals surface area contributed by atoms with Crippen molar-refractivity contribution in [1.29, 1.82) is 0 Å². The van der Waals surface area contributed by atoms with Crippen LogP contribution in [-0.4, -0.2) is 30.1 Å². The summed E-state index contributed by atoms with van der Waals surface area (Å²) in [7, 11) is 0. The fraction of sp³-hybridized carbons (Fsp3) is 0.267. The summed E-state index contributed by atoms with van der Waals surface area (Å²) in [4.78, 5) is 23.5. The third-order valence-electron chi connectivity index (χ3n) is 3.03. The van der Waals surface area contributed by atoms with E-state index in [1.54, 1.807) is 6.92 Å². The van der Waals surface area contributed by atoms with Crippen molar-refractivity contribution in [2.45, 2.75) is 13.1 Å². The van der Waals surface area contributed by atoms with Crippen LogP contribution < -0.4 is 10.6 Å². The average Bonchev–Trinajstić information content (AvgIpc) is 2.97. The summed E-state index contributed by atoms with van der Waals surface area (Å²) in [5, 5.41) is 8.31. The average molecular weight is 341 g/mol. The van der Waals surface area contributed by atoms with Gasteiger partial charge < -0.3 is 15.2 Å². The van der Waals surface area contributed by atoms with Crippen molar-refractivity contribution in [2.75, 3.05) is 13.1 Å². The Morgan fingerprint density at radius 2 is 1.75 bits per heavy atom. The molecule has 2 rings (SSSR count). The number of aromatic nitrogens is 1. The standard InChI is InChI=1S/C15H14F3N3O3/c1-9-8-12(21-24-9)14(23)20-7-6-19-13(22)10-4-2-3-5-11(10)15(16,17)18/h2-5,8H,6-7H2,1H3,(H,19,22)(H,20,23). The molecule has 0 atom stereocenters. The largest absolute Gasteiger partial charge is 0.417 e. The molecule has 0 fully saturated rings. The SMILES string of the molecule is Cc1cc(C(=O)NCCNC(=O)c2ccccc2C(F)(F)F)no1. The minimum absolute atomic E-state index is 0.0324. The van der Waals surface area contributed by atoms with E-state index >= 15 is 0 Å². The second-order valence-electron chi connectivity index (χ2n) is 4.88. The maximum atomic E-state index is 12.8. The number of nitrogens with zero attached hydrogens (tertiary/aromatic N) is 1. The lowest BCUT2D eigenvalue weighted by Crippen LogP contribution is -2.35. The molecule has 1 aromatic heterocycles. The summed E-state index contributed by atoms with van der Waals surface area (Å²) in [6.07, 6.45) is -4.62. The summed E-state index contributed by atoms with van der Waals surface area (Å²) < 4.78 is 43.3. The van der Waals surface area contributed by atoms with Gasteiger partial charge in [0.25, 0.3) is 11.8 Å². The Balaban J connectivity index is 1.87. The van der Waals surface area contributed by atoms with Crippen LogP contribution in [0.25, 0.3) is 0 Å². The Hall–Kier alpha value is -2.84. The summed E-state index contributed by atoms with van der Waals surface area (Å²) in [6.45, 7) is 1.63. The van der Waals surface area contributed by atoms with E-state index in [0.29, 0.717) is 5.76 Å². The number of halogens is 3. The lowest BCUT2D eigenvalue weighted by Gasteiger charge is -2.12. The molecule has 128 valence electrons. The molecule has 6 nitrogen and oxygen atoms in total. The molecule has 2 N–H and O–H groups in total. The highest BCUT2D eigenvalue weighted by molar-refractivity contribution is 5.96. The minimum atomic E-state index is -4.62. The Bertz CT molecular complexity index is 741. The van der Waals surface area contributed by atoms with Gasteiger partial charge in [-0.2, -0.15) is 13.2 Å². The van der Waals surface area contributed by atoms with E-state index in [4.69, 9.17) is 4.52 Å². The lowest BCUT2D eigenvalue weighted by molar-refractivity contribution is -0.137. The minimum Gasteiger partial charge on any atom is -0.361 e. The zero-order valence-electron chi connectivity index (χ0n) is 12.6. The number of benzene rings is 1. The van der Waals surface area contributed by atoms with Crippen LogP contribution in [0.4, 0.5) is 13.2 Å². The van der Waals surface area contributed by atoms with Crippen molar-refractivity contribution in [3.05, 3.63) is 52.9 Å². The van der Waals surface area contributed by atoms with E-state index < -0.39 is 29.1 Å². The van der Waals surface area contributed by atoms with Gasteiger partial charge in [-0.3, -0.25) is 9.59 Å². The van der Waals surface area contributed by atoms with E-state index in [-0.39, 0.29) is 18.8 Å². The molecule has 9 heteroatoms. The molecule has 0 saturated heterocycles. The van der Waals surface area contributed by atoms with Gasteiger partial charge >= 0.3 is 6.18 Å². The summed E-state index contributed by atoms with van der Waals surface area (Å²) in [5.41, 5.74) is -1.39. The number of amides is 2. The maximum absolute atomic E-state index is 12.8. The molecule has 0 bridgehead atoms. The highest BCUT2D eigenvalue weighted by Crippen LogP contribution is 2.31. The molecule has 0 aliphatic heterocycles. The third kappa shape index (κ3) is 4.34. The van der Waals surface area contributed by atoms with Gasteiger partial charge in [0.2, 0.25) is 0 Å². The Morgan fingerprint density at radius 1 is 1.12 bits per heavy atom. The summed E-state index contributed by atoms with van der Waals surface area (Å²) in [5.74, 6) is -0.900. The van der Waals surface area contributed by atoms with Crippen LogP contribution in [0.15, 0.2) is 34.9 Å². The second kappa shape index (κ2) is 7.16. The molecule has 2 amide bonds. The normalized spacial score (nSPS) is 11.2. The van der Waals surface area contributed by atoms with E-state index in [2.05, 4.69) is 15.8 Å². The van der Waals surface area contributed by atoms with Crippen LogP contribution in [0.1, 0.15) is 32.2 Å². The van der Waals surface area contributed by atoms with Gasteiger partial charge in [-0.1, -0.05) is 17.3 Å². The van der Waals surface area contributed by atoms with E-state index in [1.165, 1.54) is 18.2 Å². The molecule has 1 heterocycles. The van der Waals surface area contributed by atoms with Crippen LogP contribution in [-0.2, 0) is 6.18 Å². The van der Waals surface area contributed by atoms with Gasteiger partial charge in [0.1, 0.15) is 5.76 Å². The molecule has 0 aliphatic rings. The summed E-state index contributed by atoms with van der Waals surface area (Å²) in [6, 6.07) is 5.92. The number of carbonyl (C=O) groups excluding carboxylic acids is 2. The Kier molecular flexibility index (Phi) is 5.22. The molecule has 2 aromatic rings. The van der Waals surface area contributed by atoms with Gasteiger partial charge in [-0.05, 0) is 19.1 Å². The Morgan fingerprint density at radius 3 is 2.33 bits per heavy atom. The van der Waals surface area contributed by atoms with Crippen LogP contribution in [0.2, 0.25) is 0 Å². The van der Waals surface area contributed by atoms with Crippen molar-refractivity contribution >= 4 is 11.8 Å². The number of rotatable bonds is 5. The van der Waals surface area contributed by atoms with E-state index in [1.807, 2.05) is 0 Å². The number of hydrogen-bond donors (Lipinski definition) is 2. The van der Waals surface area contributed by atoms with E-state index in [9.17, 15) is 22.8 Å². The van der Waals surface area contributed by atoms with Crippen molar-refractivity contribution in [3.63, 3.8) is 0 Å². The molecule has 0 unspecified atom stereocenters. The lowest BCUT2D eigenvalue weighted by atomic mass is 10.1. The monoisotopic (exact) mass is 341 g/mol. The first-order valence-corrected chi connectivity index (χ1v) is 6.95. The topological polar surface area (TPSA) is 84.2 Å². The van der Waals surface area contributed by atoms with Gasteiger partial charge in [-0.15, -0.1) is 0 Å². The van der Waals surface area contributed by atoms with Crippen LogP contribution >= 0.6 is 0 Å². The van der Waals surface area contributed by atoms with E-state index in [0.717, 1.165) is 12.1 Å². The van der Waals surface area contributed by atoms with Crippen LogP contribution in [0.5, 0.6) is 0 Å². The molecule has 0 radical (unpaired) electrons. The second-order valence-corrected chi connectivity index (χ2v) is 4.88. The first kappa shape index (κ1) is 17.5. The van der Waals surface area contributed by atoms with Gasteiger partial charge in [-0.25, -0.2) is 0 Å². The molecule has 24 heavy (non-hydrogen) atoms. The van der Waals surface area contributed by atoms with Crippen molar-refractivity contribution < 1.29 is 27.3 Å². The Labute approximate surface area is 135 Å². The maximum Gasteiger partial charge on any atom is 0.417 e. The number of carbonyl (C=O) groups is 2. The summed E-state index contributed by atoms with van der Waals surface area (Å²) >= 11 is 0. The molecule has 0 spiro atoms. The molecule has 1 aromatic carbocycles. The van der Waals surface area contributed by atoms with Crippen molar-refractivity contribution in [1.82, 2.24) is 15.8 Å². The van der Waals surface area contributed by atoms with Crippen molar-refractivity contribution in [3.8, 4) is 0 Å². The smallest absolute Gasteiger partial charge is 0.361 e. The third-order valence-corrected chi connectivity index (χ3v) is 3.03. The molecular formula is C15H14F3N3O3. The number of alkyl halides is 3. The predicted octanol–water partition coefficient (Wildman–Crippen LogP) is 2.16. The fourth-order valence-electron chi connectivity index (χ4n) is 1.94. The molecule has 0 saturated carbocycles. The highest BCUT2D eigenvalue weighted by Gasteiger charge is 2.34. The highest BCUT2D eigenvalue weighted by atomic mass is 19.4. The number of nitrogens with one attached hydrogen (secondary N) is 2. The van der Waals surface area contributed by atoms with Crippen LogP contribution in [0.3, 0.4) is 0 Å². The predicted molar refractivity (Wildman–Crippen MR) is 77.4 cm³/mol. The van der Waals surface area contributed by atoms with Crippen molar-refractivity contribution in [2.24, 2.45) is 0 Å². The number of hydrogen-bond acceptors (Lipinski definition) is 4. The first-order valence-electron chi connectivity index (χ1n) is 6.95. The van der Waals surface area contributed by atoms with Gasteiger partial charge in [0.05, 0.1) is 11.1 Å². The number of aryl methyl sites for hydroxylation is 1. The van der Waals surface area contributed by atoms with Gasteiger partial charge in [0, 0.05) is 19.2 Å². The van der Waals surface area contributed by atoms with Crippen LogP contribution in [0, 0.1) is 6.92 Å². The zero-order chi connectivity index (χ0) is 17.7. The molecular weight excluding hydrogens is 327 g/mol. The molecule has 0 aliphatic carbocycles. The zero-order valence-corrected chi connectivity index (χ0v) is 12.6.